The van der Waals surface area contributed by atoms with Crippen molar-refractivity contribution >= 4 is 21.4 Å². The molecule has 2 N–H and O–H groups in total. The minimum atomic E-state index is -3.41. The number of hydrogen-bond donors (Lipinski definition) is 1. The van der Waals surface area contributed by atoms with Gasteiger partial charge in [-0.3, -0.25) is 0 Å². The van der Waals surface area contributed by atoms with Crippen molar-refractivity contribution in [1.82, 2.24) is 4.31 Å². The minimum absolute atomic E-state index is 0.0312. The molecular formula is C12H20N2O3S2. The van der Waals surface area contributed by atoms with Gasteiger partial charge in [0.05, 0.1) is 6.10 Å². The summed E-state index contributed by atoms with van der Waals surface area (Å²) < 4.78 is 32.4. The van der Waals surface area contributed by atoms with Crippen LogP contribution >= 0.6 is 11.3 Å². The Morgan fingerprint density at radius 1 is 1.58 bits per heavy atom. The first-order valence-electron chi connectivity index (χ1n) is 6.47. The molecule has 2 heterocycles. The Balaban J connectivity index is 2.15. The Labute approximate surface area is 118 Å². The van der Waals surface area contributed by atoms with E-state index in [1.165, 1.54) is 15.6 Å². The number of thiophene rings is 1. The number of sulfonamides is 1. The molecule has 1 aromatic rings. The fourth-order valence-corrected chi connectivity index (χ4v) is 4.99. The van der Waals surface area contributed by atoms with Crippen LogP contribution in [0.25, 0.3) is 0 Å². The Kier molecular flexibility index (Phi) is 4.97. The smallest absolute Gasteiger partial charge is 0.252 e. The van der Waals surface area contributed by atoms with E-state index in [1.807, 2.05) is 6.92 Å². The molecule has 1 aliphatic heterocycles. The van der Waals surface area contributed by atoms with Crippen molar-refractivity contribution in [2.75, 3.05) is 19.7 Å². The number of nitrogens with two attached hydrogens (primary N) is 1. The molecule has 0 aliphatic carbocycles. The maximum absolute atomic E-state index is 12.5. The summed E-state index contributed by atoms with van der Waals surface area (Å²) in [7, 11) is -3.41. The van der Waals surface area contributed by atoms with Crippen molar-refractivity contribution in [2.45, 2.75) is 36.6 Å². The lowest BCUT2D eigenvalue weighted by Crippen LogP contribution is -2.36. The molecule has 1 aliphatic rings. The molecule has 2 rings (SSSR count). The van der Waals surface area contributed by atoms with Crippen LogP contribution in [0.2, 0.25) is 0 Å². The highest BCUT2D eigenvalue weighted by atomic mass is 32.2. The lowest BCUT2D eigenvalue weighted by molar-refractivity contribution is 0.0947. The van der Waals surface area contributed by atoms with Gasteiger partial charge < -0.3 is 10.5 Å². The summed E-state index contributed by atoms with van der Waals surface area (Å²) in [5.41, 5.74) is 6.38. The molecule has 1 unspecified atom stereocenters. The van der Waals surface area contributed by atoms with Gasteiger partial charge in [0.2, 0.25) is 0 Å². The standard InChI is InChI=1S/C12H20N2O3S2/c1-2-14(8-11-4-3-5-17-11)19(15,16)12-6-10(7-13)9-18-12/h6,9,11H,2-5,7-8,13H2,1H3. The van der Waals surface area contributed by atoms with Crippen LogP contribution in [0.4, 0.5) is 0 Å². The monoisotopic (exact) mass is 304 g/mol. The Morgan fingerprint density at radius 2 is 2.37 bits per heavy atom. The van der Waals surface area contributed by atoms with Gasteiger partial charge in [0, 0.05) is 26.2 Å². The molecule has 1 atom stereocenters. The largest absolute Gasteiger partial charge is 0.377 e. The minimum Gasteiger partial charge on any atom is -0.377 e. The molecule has 0 spiro atoms. The average molecular weight is 304 g/mol. The van der Waals surface area contributed by atoms with Crippen LogP contribution in [-0.4, -0.2) is 38.5 Å². The molecule has 1 fully saturated rings. The van der Waals surface area contributed by atoms with Gasteiger partial charge in [0.15, 0.2) is 0 Å². The third kappa shape index (κ3) is 3.35. The van der Waals surface area contributed by atoms with Gasteiger partial charge in [0.1, 0.15) is 4.21 Å². The summed E-state index contributed by atoms with van der Waals surface area (Å²) in [6, 6.07) is 1.66. The van der Waals surface area contributed by atoms with E-state index in [4.69, 9.17) is 10.5 Å². The SMILES string of the molecule is CCN(CC1CCCO1)S(=O)(=O)c1cc(CN)cs1. The summed E-state index contributed by atoms with van der Waals surface area (Å²) >= 11 is 1.23. The zero-order chi connectivity index (χ0) is 13.9. The Bertz CT molecular complexity index is 507. The van der Waals surface area contributed by atoms with E-state index in [-0.39, 0.29) is 6.10 Å². The van der Waals surface area contributed by atoms with E-state index < -0.39 is 10.0 Å². The average Bonchev–Trinajstić information content (AvgIpc) is 3.06. The summed E-state index contributed by atoms with van der Waals surface area (Å²) in [4.78, 5) is 0. The molecule has 0 saturated carbocycles. The maximum atomic E-state index is 12.5. The fourth-order valence-electron chi connectivity index (χ4n) is 2.14. The first-order valence-corrected chi connectivity index (χ1v) is 8.79. The van der Waals surface area contributed by atoms with E-state index in [9.17, 15) is 8.42 Å². The first-order chi connectivity index (χ1) is 9.07. The molecule has 0 amide bonds. The van der Waals surface area contributed by atoms with Crippen molar-refractivity contribution in [3.8, 4) is 0 Å². The molecule has 1 saturated heterocycles. The van der Waals surface area contributed by atoms with Gasteiger partial charge in [0.25, 0.3) is 10.0 Å². The molecule has 0 aromatic carbocycles. The van der Waals surface area contributed by atoms with Crippen molar-refractivity contribution in [2.24, 2.45) is 5.73 Å². The Hall–Kier alpha value is -0.470. The predicted octanol–water partition coefficient (Wildman–Crippen LogP) is 1.40. The molecular weight excluding hydrogens is 284 g/mol. The zero-order valence-corrected chi connectivity index (χ0v) is 12.7. The van der Waals surface area contributed by atoms with Crippen LogP contribution in [0.3, 0.4) is 0 Å². The van der Waals surface area contributed by atoms with Gasteiger partial charge >= 0.3 is 0 Å². The summed E-state index contributed by atoms with van der Waals surface area (Å²) in [6.45, 7) is 3.85. The van der Waals surface area contributed by atoms with Crippen LogP contribution in [0, 0.1) is 0 Å². The predicted molar refractivity (Wildman–Crippen MR) is 75.6 cm³/mol. The molecule has 7 heteroatoms. The second kappa shape index (κ2) is 6.32. The summed E-state index contributed by atoms with van der Waals surface area (Å²) in [5.74, 6) is 0. The lowest BCUT2D eigenvalue weighted by atomic mass is 10.2. The Morgan fingerprint density at radius 3 is 2.89 bits per heavy atom. The number of rotatable bonds is 6. The van der Waals surface area contributed by atoms with Gasteiger partial charge in [-0.25, -0.2) is 8.42 Å². The molecule has 5 nitrogen and oxygen atoms in total. The highest BCUT2D eigenvalue weighted by molar-refractivity contribution is 7.91. The van der Waals surface area contributed by atoms with E-state index in [0.717, 1.165) is 25.0 Å². The highest BCUT2D eigenvalue weighted by Gasteiger charge is 2.28. The highest BCUT2D eigenvalue weighted by Crippen LogP contribution is 2.25. The van der Waals surface area contributed by atoms with Crippen LogP contribution in [0.15, 0.2) is 15.7 Å². The second-order valence-corrected chi connectivity index (χ2v) is 7.64. The van der Waals surface area contributed by atoms with Crippen molar-refractivity contribution < 1.29 is 13.2 Å². The van der Waals surface area contributed by atoms with Crippen molar-refractivity contribution in [3.63, 3.8) is 0 Å². The van der Waals surface area contributed by atoms with E-state index >= 15 is 0 Å². The third-order valence-corrected chi connectivity index (χ3v) is 6.65. The van der Waals surface area contributed by atoms with Crippen LogP contribution in [0.5, 0.6) is 0 Å². The zero-order valence-electron chi connectivity index (χ0n) is 11.0. The third-order valence-electron chi connectivity index (χ3n) is 3.24. The number of ether oxygens (including phenoxy) is 1. The van der Waals surface area contributed by atoms with Gasteiger partial charge in [-0.05, 0) is 29.9 Å². The van der Waals surface area contributed by atoms with Crippen LogP contribution in [0.1, 0.15) is 25.3 Å². The van der Waals surface area contributed by atoms with Crippen molar-refractivity contribution in [1.29, 1.82) is 0 Å². The molecule has 1 aromatic heterocycles. The summed E-state index contributed by atoms with van der Waals surface area (Å²) in [5, 5.41) is 1.80. The molecule has 0 bridgehead atoms. The van der Waals surface area contributed by atoms with Gasteiger partial charge in [-0.2, -0.15) is 4.31 Å². The molecule has 19 heavy (non-hydrogen) atoms. The van der Waals surface area contributed by atoms with Crippen LogP contribution < -0.4 is 5.73 Å². The van der Waals surface area contributed by atoms with Gasteiger partial charge in [-0.1, -0.05) is 6.92 Å². The van der Waals surface area contributed by atoms with Crippen molar-refractivity contribution in [3.05, 3.63) is 17.0 Å². The van der Waals surface area contributed by atoms with E-state index in [2.05, 4.69) is 0 Å². The summed E-state index contributed by atoms with van der Waals surface area (Å²) in [6.07, 6.45) is 1.98. The quantitative estimate of drug-likeness (QED) is 0.862. The second-order valence-electron chi connectivity index (χ2n) is 4.57. The van der Waals surface area contributed by atoms with Crippen LogP contribution in [-0.2, 0) is 21.3 Å². The number of nitrogens with zero attached hydrogens (tertiary/aromatic N) is 1. The molecule has 108 valence electrons. The maximum Gasteiger partial charge on any atom is 0.252 e. The molecule has 0 radical (unpaired) electrons. The van der Waals surface area contributed by atoms with Gasteiger partial charge in [-0.15, -0.1) is 11.3 Å². The van der Waals surface area contributed by atoms with E-state index in [1.54, 1.807) is 11.4 Å². The fraction of sp³-hybridized carbons (Fsp3) is 0.667. The first kappa shape index (κ1) is 14.9. The topological polar surface area (TPSA) is 72.6 Å². The lowest BCUT2D eigenvalue weighted by Gasteiger charge is -2.22. The number of hydrogen-bond acceptors (Lipinski definition) is 5. The normalized spacial score (nSPS) is 20.3. The van der Waals surface area contributed by atoms with E-state index in [0.29, 0.717) is 23.8 Å². The number of likely N-dealkylation sites (N-methyl/N-ethyl adjacent to an activating group) is 1.